The Balaban J connectivity index is 2.00. The molecule has 1 saturated heterocycles. The van der Waals surface area contributed by atoms with Gasteiger partial charge < -0.3 is 15.0 Å². The first-order chi connectivity index (χ1) is 9.78. The van der Waals surface area contributed by atoms with E-state index >= 15 is 0 Å². The summed E-state index contributed by atoms with van der Waals surface area (Å²) in [7, 11) is 1.79. The molecule has 0 aliphatic carbocycles. The van der Waals surface area contributed by atoms with Gasteiger partial charge in [-0.25, -0.2) is 4.98 Å². The highest BCUT2D eigenvalue weighted by Gasteiger charge is 2.17. The van der Waals surface area contributed by atoms with Crippen LogP contribution in [0.25, 0.3) is 5.95 Å². The minimum atomic E-state index is 0.546. The quantitative estimate of drug-likeness (QED) is 0.859. The van der Waals surface area contributed by atoms with Gasteiger partial charge in [0.1, 0.15) is 5.82 Å². The Kier molecular flexibility index (Phi) is 3.46. The highest BCUT2D eigenvalue weighted by atomic mass is 16.5. The van der Waals surface area contributed by atoms with Gasteiger partial charge in [-0.05, 0) is 6.92 Å². The van der Waals surface area contributed by atoms with E-state index in [0.717, 1.165) is 18.9 Å². The lowest BCUT2D eigenvalue weighted by molar-refractivity contribution is 0.122. The topological polar surface area (TPSA) is 81.0 Å². The molecule has 2 aromatic heterocycles. The van der Waals surface area contributed by atoms with Gasteiger partial charge in [0, 0.05) is 32.5 Å². The van der Waals surface area contributed by atoms with Crippen molar-refractivity contribution in [1.82, 2.24) is 24.5 Å². The summed E-state index contributed by atoms with van der Waals surface area (Å²) in [5.41, 5.74) is 0. The van der Waals surface area contributed by atoms with Crippen molar-refractivity contribution in [3.05, 3.63) is 18.2 Å². The SMILES string of the molecule is CNc1nc(N2CCOCC2)nc(-n2ccnc2C)n1. The van der Waals surface area contributed by atoms with E-state index in [9.17, 15) is 0 Å². The Morgan fingerprint density at radius 2 is 1.90 bits per heavy atom. The number of hydrogen-bond acceptors (Lipinski definition) is 7. The second kappa shape index (κ2) is 5.41. The number of ether oxygens (including phenoxy) is 1. The zero-order valence-corrected chi connectivity index (χ0v) is 11.6. The average molecular weight is 275 g/mol. The third-order valence-corrected chi connectivity index (χ3v) is 3.17. The van der Waals surface area contributed by atoms with Crippen LogP contribution in [-0.4, -0.2) is 57.9 Å². The summed E-state index contributed by atoms with van der Waals surface area (Å²) in [5.74, 6) is 2.62. The number of morpholine rings is 1. The molecule has 0 radical (unpaired) electrons. The molecule has 1 N–H and O–H groups in total. The second-order valence-electron chi connectivity index (χ2n) is 4.45. The Bertz CT molecular complexity index is 591. The summed E-state index contributed by atoms with van der Waals surface area (Å²) < 4.78 is 7.20. The van der Waals surface area contributed by atoms with Crippen LogP contribution >= 0.6 is 0 Å². The van der Waals surface area contributed by atoms with Gasteiger partial charge in [0.25, 0.3) is 0 Å². The Hall–Kier alpha value is -2.22. The molecule has 8 nitrogen and oxygen atoms in total. The molecule has 0 saturated carbocycles. The average Bonchev–Trinajstić information content (AvgIpc) is 2.94. The molecule has 8 heteroatoms. The highest BCUT2D eigenvalue weighted by Crippen LogP contribution is 2.15. The smallest absolute Gasteiger partial charge is 0.241 e. The van der Waals surface area contributed by atoms with Crippen LogP contribution in [0.2, 0.25) is 0 Å². The maximum atomic E-state index is 5.36. The van der Waals surface area contributed by atoms with Gasteiger partial charge in [-0.3, -0.25) is 4.57 Å². The number of nitrogens with zero attached hydrogens (tertiary/aromatic N) is 6. The van der Waals surface area contributed by atoms with Crippen LogP contribution in [0.3, 0.4) is 0 Å². The second-order valence-corrected chi connectivity index (χ2v) is 4.45. The maximum absolute atomic E-state index is 5.36. The third-order valence-electron chi connectivity index (χ3n) is 3.17. The summed E-state index contributed by atoms with van der Waals surface area (Å²) in [6, 6.07) is 0. The van der Waals surface area contributed by atoms with E-state index in [-0.39, 0.29) is 0 Å². The monoisotopic (exact) mass is 275 g/mol. The number of aromatic nitrogens is 5. The summed E-state index contributed by atoms with van der Waals surface area (Å²) >= 11 is 0. The number of nitrogens with one attached hydrogen (secondary N) is 1. The summed E-state index contributed by atoms with van der Waals surface area (Å²) in [5, 5.41) is 2.97. The van der Waals surface area contributed by atoms with Crippen molar-refractivity contribution in [3.63, 3.8) is 0 Å². The molecule has 20 heavy (non-hydrogen) atoms. The van der Waals surface area contributed by atoms with Gasteiger partial charge in [-0.15, -0.1) is 0 Å². The zero-order valence-electron chi connectivity index (χ0n) is 11.6. The highest BCUT2D eigenvalue weighted by molar-refractivity contribution is 5.40. The van der Waals surface area contributed by atoms with E-state index in [2.05, 4.69) is 30.2 Å². The molecule has 0 aromatic carbocycles. The number of rotatable bonds is 3. The van der Waals surface area contributed by atoms with Gasteiger partial charge in [0.05, 0.1) is 13.2 Å². The van der Waals surface area contributed by atoms with Crippen molar-refractivity contribution in [3.8, 4) is 5.95 Å². The molecule has 0 amide bonds. The van der Waals surface area contributed by atoms with E-state index in [1.807, 2.05) is 17.7 Å². The first kappa shape index (κ1) is 12.8. The predicted molar refractivity (Wildman–Crippen MR) is 74.3 cm³/mol. The molecule has 0 unspecified atom stereocenters. The molecular weight excluding hydrogens is 258 g/mol. The molecule has 0 spiro atoms. The summed E-state index contributed by atoms with van der Waals surface area (Å²) in [4.78, 5) is 19.6. The van der Waals surface area contributed by atoms with E-state index in [4.69, 9.17) is 4.74 Å². The van der Waals surface area contributed by atoms with Gasteiger partial charge in [0.2, 0.25) is 17.8 Å². The molecule has 0 atom stereocenters. The van der Waals surface area contributed by atoms with Crippen molar-refractivity contribution in [2.45, 2.75) is 6.92 Å². The van der Waals surface area contributed by atoms with Crippen molar-refractivity contribution in [2.24, 2.45) is 0 Å². The standard InChI is InChI=1S/C12H17N7O/c1-9-14-3-4-19(9)12-16-10(13-2)15-11(17-12)18-5-7-20-8-6-18/h3-4H,5-8H2,1-2H3,(H,13,15,16,17). The van der Waals surface area contributed by atoms with Gasteiger partial charge in [-0.1, -0.05) is 0 Å². The van der Waals surface area contributed by atoms with Crippen LogP contribution < -0.4 is 10.2 Å². The van der Waals surface area contributed by atoms with Gasteiger partial charge in [0.15, 0.2) is 0 Å². The van der Waals surface area contributed by atoms with Crippen molar-refractivity contribution in [1.29, 1.82) is 0 Å². The molecule has 1 aliphatic heterocycles. The molecule has 1 fully saturated rings. The van der Waals surface area contributed by atoms with Crippen molar-refractivity contribution in [2.75, 3.05) is 43.6 Å². The number of aryl methyl sites for hydroxylation is 1. The van der Waals surface area contributed by atoms with E-state index < -0.39 is 0 Å². The summed E-state index contributed by atoms with van der Waals surface area (Å²) in [6.07, 6.45) is 3.57. The number of anilines is 2. The lowest BCUT2D eigenvalue weighted by Crippen LogP contribution is -2.37. The minimum Gasteiger partial charge on any atom is -0.378 e. The fourth-order valence-corrected chi connectivity index (χ4v) is 2.07. The first-order valence-corrected chi connectivity index (χ1v) is 6.55. The molecular formula is C12H17N7O. The van der Waals surface area contributed by atoms with Crippen LogP contribution in [0, 0.1) is 6.92 Å². The Labute approximate surface area is 116 Å². The van der Waals surface area contributed by atoms with Crippen LogP contribution in [0.15, 0.2) is 12.4 Å². The van der Waals surface area contributed by atoms with E-state index in [0.29, 0.717) is 31.1 Å². The first-order valence-electron chi connectivity index (χ1n) is 6.55. The fourth-order valence-electron chi connectivity index (χ4n) is 2.07. The molecule has 3 heterocycles. The third kappa shape index (κ3) is 2.42. The van der Waals surface area contributed by atoms with E-state index in [1.165, 1.54) is 0 Å². The molecule has 1 aliphatic rings. The summed E-state index contributed by atoms with van der Waals surface area (Å²) in [6.45, 7) is 4.88. The Morgan fingerprint density at radius 1 is 1.15 bits per heavy atom. The van der Waals surface area contributed by atoms with Crippen LogP contribution in [-0.2, 0) is 4.74 Å². The Morgan fingerprint density at radius 3 is 2.55 bits per heavy atom. The van der Waals surface area contributed by atoms with Crippen molar-refractivity contribution >= 4 is 11.9 Å². The van der Waals surface area contributed by atoms with Gasteiger partial charge in [-0.2, -0.15) is 15.0 Å². The molecule has 3 rings (SSSR count). The number of hydrogen-bond donors (Lipinski definition) is 1. The fraction of sp³-hybridized carbons (Fsp3) is 0.500. The van der Waals surface area contributed by atoms with Crippen molar-refractivity contribution < 1.29 is 4.74 Å². The van der Waals surface area contributed by atoms with Crippen LogP contribution in [0.5, 0.6) is 0 Å². The lowest BCUT2D eigenvalue weighted by atomic mass is 10.4. The molecule has 0 bridgehead atoms. The zero-order chi connectivity index (χ0) is 13.9. The van der Waals surface area contributed by atoms with Crippen LogP contribution in [0.1, 0.15) is 5.82 Å². The van der Waals surface area contributed by atoms with Crippen LogP contribution in [0.4, 0.5) is 11.9 Å². The molecule has 106 valence electrons. The largest absolute Gasteiger partial charge is 0.378 e. The predicted octanol–water partition coefficient (Wildman–Crippen LogP) is 0.244. The maximum Gasteiger partial charge on any atom is 0.241 e. The lowest BCUT2D eigenvalue weighted by Gasteiger charge is -2.27. The molecule has 2 aromatic rings. The normalized spacial score (nSPS) is 15.4. The number of imidazole rings is 1. The van der Waals surface area contributed by atoms with Gasteiger partial charge >= 0.3 is 0 Å². The van der Waals surface area contributed by atoms with E-state index in [1.54, 1.807) is 13.2 Å². The minimum absolute atomic E-state index is 0.546.